The second-order valence-electron chi connectivity index (χ2n) is 5.67. The third-order valence-corrected chi connectivity index (χ3v) is 4.69. The average molecular weight is 372 g/mol. The highest BCUT2D eigenvalue weighted by Gasteiger charge is 2.23. The molecule has 3 rings (SSSR count). The Morgan fingerprint density at radius 3 is 2.50 bits per heavy atom. The SMILES string of the molecule is CSc1ccc(C=C(NC(=O)c2ccco2)C(=O)N2CCOCC2)cc1. The molecule has 2 amide bonds. The predicted molar refractivity (Wildman–Crippen MR) is 99.8 cm³/mol. The molecule has 6 nitrogen and oxygen atoms in total. The first-order valence-electron chi connectivity index (χ1n) is 8.25. The fourth-order valence-corrected chi connectivity index (χ4v) is 2.95. The number of carbonyl (C=O) groups excluding carboxylic acids is 2. The van der Waals surface area contributed by atoms with Crippen LogP contribution in [0, 0.1) is 0 Å². The molecule has 1 aromatic heterocycles. The Hall–Kier alpha value is -2.51. The summed E-state index contributed by atoms with van der Waals surface area (Å²) in [6, 6.07) is 11.0. The second-order valence-corrected chi connectivity index (χ2v) is 6.55. The smallest absolute Gasteiger partial charge is 0.291 e. The van der Waals surface area contributed by atoms with Crippen LogP contribution in [0.3, 0.4) is 0 Å². The molecule has 1 fully saturated rings. The molecule has 2 heterocycles. The van der Waals surface area contributed by atoms with Gasteiger partial charge in [-0.2, -0.15) is 0 Å². The molecule has 0 saturated carbocycles. The fraction of sp³-hybridized carbons (Fsp3) is 0.263. The third-order valence-electron chi connectivity index (χ3n) is 3.95. The van der Waals surface area contributed by atoms with Crippen LogP contribution in [-0.4, -0.2) is 49.3 Å². The zero-order chi connectivity index (χ0) is 18.4. The minimum absolute atomic E-state index is 0.156. The number of furan rings is 1. The number of hydrogen-bond acceptors (Lipinski definition) is 5. The minimum atomic E-state index is -0.455. The summed E-state index contributed by atoms with van der Waals surface area (Å²) < 4.78 is 10.4. The number of nitrogens with one attached hydrogen (secondary N) is 1. The van der Waals surface area contributed by atoms with Crippen LogP contribution in [0.25, 0.3) is 6.08 Å². The van der Waals surface area contributed by atoms with E-state index in [-0.39, 0.29) is 17.4 Å². The summed E-state index contributed by atoms with van der Waals surface area (Å²) >= 11 is 1.64. The van der Waals surface area contributed by atoms with Gasteiger partial charge in [0.25, 0.3) is 11.8 Å². The Bertz CT molecular complexity index is 778. The molecule has 1 aliphatic rings. The highest BCUT2D eigenvalue weighted by molar-refractivity contribution is 7.98. The lowest BCUT2D eigenvalue weighted by Gasteiger charge is -2.27. The molecule has 1 saturated heterocycles. The van der Waals surface area contributed by atoms with Gasteiger partial charge in [-0.1, -0.05) is 12.1 Å². The van der Waals surface area contributed by atoms with Gasteiger partial charge in [-0.3, -0.25) is 9.59 Å². The molecule has 0 spiro atoms. The number of carbonyl (C=O) groups is 2. The summed E-state index contributed by atoms with van der Waals surface area (Å²) in [5.74, 6) is -0.533. The van der Waals surface area contributed by atoms with E-state index in [0.29, 0.717) is 26.3 Å². The molecule has 0 aliphatic carbocycles. The van der Waals surface area contributed by atoms with E-state index in [9.17, 15) is 9.59 Å². The molecule has 0 unspecified atom stereocenters. The lowest BCUT2D eigenvalue weighted by atomic mass is 10.1. The number of benzene rings is 1. The Morgan fingerprint density at radius 1 is 1.15 bits per heavy atom. The number of rotatable bonds is 5. The van der Waals surface area contributed by atoms with Crippen molar-refractivity contribution in [3.05, 3.63) is 59.7 Å². The van der Waals surface area contributed by atoms with E-state index in [4.69, 9.17) is 9.15 Å². The molecule has 0 radical (unpaired) electrons. The Balaban J connectivity index is 1.85. The zero-order valence-corrected chi connectivity index (χ0v) is 15.3. The summed E-state index contributed by atoms with van der Waals surface area (Å²) in [5.41, 5.74) is 1.05. The van der Waals surface area contributed by atoms with E-state index >= 15 is 0 Å². The monoisotopic (exact) mass is 372 g/mol. The van der Waals surface area contributed by atoms with Crippen LogP contribution in [0.1, 0.15) is 16.1 Å². The van der Waals surface area contributed by atoms with Crippen LogP contribution in [0.5, 0.6) is 0 Å². The average Bonchev–Trinajstić information content (AvgIpc) is 3.23. The highest BCUT2D eigenvalue weighted by Crippen LogP contribution is 2.17. The van der Waals surface area contributed by atoms with Gasteiger partial charge >= 0.3 is 0 Å². The lowest BCUT2D eigenvalue weighted by Crippen LogP contribution is -2.44. The van der Waals surface area contributed by atoms with Crippen molar-refractivity contribution in [1.82, 2.24) is 10.2 Å². The van der Waals surface area contributed by atoms with E-state index in [2.05, 4.69) is 5.32 Å². The number of thioether (sulfide) groups is 1. The first-order chi connectivity index (χ1) is 12.7. The van der Waals surface area contributed by atoms with Crippen LogP contribution in [-0.2, 0) is 9.53 Å². The van der Waals surface area contributed by atoms with Gasteiger partial charge in [0, 0.05) is 18.0 Å². The molecule has 7 heteroatoms. The second kappa shape index (κ2) is 8.73. The van der Waals surface area contributed by atoms with Crippen molar-refractivity contribution in [2.24, 2.45) is 0 Å². The molecule has 2 aromatic rings. The van der Waals surface area contributed by atoms with Crippen molar-refractivity contribution < 1.29 is 18.7 Å². The van der Waals surface area contributed by atoms with Crippen molar-refractivity contribution in [3.63, 3.8) is 0 Å². The normalized spacial score (nSPS) is 15.0. The number of ether oxygens (including phenoxy) is 1. The number of amides is 2. The van der Waals surface area contributed by atoms with Gasteiger partial charge in [0.05, 0.1) is 19.5 Å². The first-order valence-corrected chi connectivity index (χ1v) is 9.47. The zero-order valence-electron chi connectivity index (χ0n) is 14.4. The Morgan fingerprint density at radius 2 is 1.88 bits per heavy atom. The molecule has 136 valence electrons. The van der Waals surface area contributed by atoms with Crippen LogP contribution in [0.4, 0.5) is 0 Å². The van der Waals surface area contributed by atoms with Gasteiger partial charge < -0.3 is 19.4 Å². The van der Waals surface area contributed by atoms with E-state index < -0.39 is 5.91 Å². The molecule has 1 aliphatic heterocycles. The lowest BCUT2D eigenvalue weighted by molar-refractivity contribution is -0.131. The standard InChI is InChI=1S/C19H20N2O4S/c1-26-15-6-4-14(5-7-15)13-16(19(23)21-8-11-24-12-9-21)20-18(22)17-3-2-10-25-17/h2-7,10,13H,8-9,11-12H2,1H3,(H,20,22). The maximum absolute atomic E-state index is 12.9. The topological polar surface area (TPSA) is 71.8 Å². The molecule has 1 aromatic carbocycles. The summed E-state index contributed by atoms with van der Waals surface area (Å²) in [6.45, 7) is 1.98. The number of hydrogen-bond donors (Lipinski definition) is 1. The van der Waals surface area contributed by atoms with E-state index in [0.717, 1.165) is 10.5 Å². The predicted octanol–water partition coefficient (Wildman–Crippen LogP) is 2.63. The van der Waals surface area contributed by atoms with Crippen molar-refractivity contribution >= 4 is 29.7 Å². The number of morpholine rings is 1. The Kier molecular flexibility index (Phi) is 6.14. The van der Waals surface area contributed by atoms with E-state index in [1.807, 2.05) is 30.5 Å². The molecule has 1 N–H and O–H groups in total. The van der Waals surface area contributed by atoms with Crippen molar-refractivity contribution in [2.45, 2.75) is 4.90 Å². The maximum Gasteiger partial charge on any atom is 0.291 e. The molecule has 26 heavy (non-hydrogen) atoms. The molecule has 0 atom stereocenters. The summed E-state index contributed by atoms with van der Waals surface area (Å²) in [4.78, 5) is 28.0. The molecular weight excluding hydrogens is 352 g/mol. The first kappa shape index (κ1) is 18.3. The maximum atomic E-state index is 12.9. The van der Waals surface area contributed by atoms with Crippen LogP contribution in [0.2, 0.25) is 0 Å². The molecule has 0 bridgehead atoms. The minimum Gasteiger partial charge on any atom is -0.459 e. The fourth-order valence-electron chi connectivity index (χ4n) is 2.55. The van der Waals surface area contributed by atoms with Gasteiger partial charge in [0.1, 0.15) is 5.70 Å². The van der Waals surface area contributed by atoms with Gasteiger partial charge in [0.2, 0.25) is 0 Å². The van der Waals surface area contributed by atoms with Crippen LogP contribution < -0.4 is 5.32 Å². The summed E-state index contributed by atoms with van der Waals surface area (Å²) in [7, 11) is 0. The number of nitrogens with zero attached hydrogens (tertiary/aromatic N) is 1. The highest BCUT2D eigenvalue weighted by atomic mass is 32.2. The van der Waals surface area contributed by atoms with E-state index in [1.54, 1.807) is 34.9 Å². The summed E-state index contributed by atoms with van der Waals surface area (Å²) in [5, 5.41) is 2.68. The quantitative estimate of drug-likeness (QED) is 0.645. The van der Waals surface area contributed by atoms with Gasteiger partial charge in [-0.15, -0.1) is 11.8 Å². The van der Waals surface area contributed by atoms with Gasteiger partial charge in [0.15, 0.2) is 5.76 Å². The van der Waals surface area contributed by atoms with Crippen molar-refractivity contribution in [1.29, 1.82) is 0 Å². The molecular formula is C19H20N2O4S. The van der Waals surface area contributed by atoms with Crippen LogP contribution in [0.15, 0.2) is 57.7 Å². The Labute approximate surface area is 156 Å². The van der Waals surface area contributed by atoms with E-state index in [1.165, 1.54) is 6.26 Å². The van der Waals surface area contributed by atoms with Crippen molar-refractivity contribution in [2.75, 3.05) is 32.6 Å². The van der Waals surface area contributed by atoms with Gasteiger partial charge in [-0.05, 0) is 42.2 Å². The largest absolute Gasteiger partial charge is 0.459 e. The van der Waals surface area contributed by atoms with Gasteiger partial charge in [-0.25, -0.2) is 0 Å². The van der Waals surface area contributed by atoms with Crippen molar-refractivity contribution in [3.8, 4) is 0 Å². The summed E-state index contributed by atoms with van der Waals surface area (Å²) in [6.07, 6.45) is 5.10. The van der Waals surface area contributed by atoms with Crippen LogP contribution >= 0.6 is 11.8 Å². The third kappa shape index (κ3) is 4.56.